The first-order valence-electron chi connectivity index (χ1n) is 6.73. The van der Waals surface area contributed by atoms with Crippen LogP contribution >= 0.6 is 12.6 Å². The van der Waals surface area contributed by atoms with Crippen LogP contribution in [0.2, 0.25) is 0 Å². The molecule has 1 saturated heterocycles. The molecule has 0 bridgehead atoms. The van der Waals surface area contributed by atoms with Crippen LogP contribution in [-0.2, 0) is 21.4 Å². The quantitative estimate of drug-likeness (QED) is 0.838. The Hall–Kier alpha value is -1.05. The van der Waals surface area contributed by atoms with Crippen molar-refractivity contribution in [1.82, 2.24) is 9.21 Å². The van der Waals surface area contributed by atoms with Crippen molar-refractivity contribution in [3.05, 3.63) is 35.9 Å². The molecular formula is C14H20N2O3S2. The van der Waals surface area contributed by atoms with Crippen molar-refractivity contribution in [2.24, 2.45) is 0 Å². The molecule has 2 unspecified atom stereocenters. The summed E-state index contributed by atoms with van der Waals surface area (Å²) in [5.74, 6) is -0.180. The summed E-state index contributed by atoms with van der Waals surface area (Å²) < 4.78 is 24.9. The number of thiol groups is 1. The average Bonchev–Trinajstić information content (AvgIpc) is 2.81. The van der Waals surface area contributed by atoms with Gasteiger partial charge in [-0.1, -0.05) is 30.3 Å². The maximum atomic E-state index is 12.5. The highest BCUT2D eigenvalue weighted by Gasteiger charge is 2.41. The molecule has 1 heterocycles. The largest absolute Gasteiger partial charge is 0.340 e. The number of amides is 1. The van der Waals surface area contributed by atoms with Gasteiger partial charge in [0.05, 0.1) is 6.26 Å². The third-order valence-corrected chi connectivity index (χ3v) is 5.21. The van der Waals surface area contributed by atoms with E-state index in [4.69, 9.17) is 0 Å². The first-order chi connectivity index (χ1) is 9.79. The van der Waals surface area contributed by atoms with Gasteiger partial charge in [-0.3, -0.25) is 4.79 Å². The third kappa shape index (κ3) is 3.99. The lowest BCUT2D eigenvalue weighted by molar-refractivity contribution is -0.133. The SMILES string of the molecule is CN(Cc1ccccc1)C(=O)C1CC(S)CN1S(C)(=O)=O. The number of carbonyl (C=O) groups excluding carboxylic acids is 1. The molecule has 2 rings (SSSR count). The number of hydrogen-bond acceptors (Lipinski definition) is 4. The summed E-state index contributed by atoms with van der Waals surface area (Å²) in [5, 5.41) is -0.0983. The lowest BCUT2D eigenvalue weighted by atomic mass is 10.1. The molecule has 0 saturated carbocycles. The van der Waals surface area contributed by atoms with Gasteiger partial charge < -0.3 is 4.90 Å². The van der Waals surface area contributed by atoms with Gasteiger partial charge in [-0.2, -0.15) is 16.9 Å². The lowest BCUT2D eigenvalue weighted by Gasteiger charge is -2.26. The van der Waals surface area contributed by atoms with Gasteiger partial charge in [0.15, 0.2) is 0 Å². The minimum Gasteiger partial charge on any atom is -0.340 e. The standard InChI is InChI=1S/C14H20N2O3S2/c1-15(9-11-6-4-3-5-7-11)14(17)13-8-12(20)10-16(13)21(2,18)19/h3-7,12-13,20H,8-10H2,1-2H3. The molecule has 2 atom stereocenters. The molecular weight excluding hydrogens is 308 g/mol. The second-order valence-corrected chi connectivity index (χ2v) is 8.08. The van der Waals surface area contributed by atoms with Crippen LogP contribution in [-0.4, -0.2) is 54.7 Å². The molecule has 1 fully saturated rings. The summed E-state index contributed by atoms with van der Waals surface area (Å²) in [5.41, 5.74) is 1.01. The first kappa shape index (κ1) is 16.3. The molecule has 21 heavy (non-hydrogen) atoms. The molecule has 1 amide bonds. The highest BCUT2D eigenvalue weighted by molar-refractivity contribution is 7.88. The smallest absolute Gasteiger partial charge is 0.241 e. The number of benzene rings is 1. The minimum atomic E-state index is -3.40. The van der Waals surface area contributed by atoms with E-state index in [2.05, 4.69) is 12.6 Å². The Morgan fingerprint density at radius 3 is 2.57 bits per heavy atom. The van der Waals surface area contributed by atoms with Crippen LogP contribution in [0, 0.1) is 0 Å². The highest BCUT2D eigenvalue weighted by Crippen LogP contribution is 2.26. The van der Waals surface area contributed by atoms with Crippen LogP contribution in [0.25, 0.3) is 0 Å². The van der Waals surface area contributed by atoms with Crippen molar-refractivity contribution in [1.29, 1.82) is 0 Å². The van der Waals surface area contributed by atoms with E-state index in [1.54, 1.807) is 11.9 Å². The normalized spacial score (nSPS) is 23.2. The summed E-state index contributed by atoms with van der Waals surface area (Å²) in [4.78, 5) is 14.1. The van der Waals surface area contributed by atoms with Gasteiger partial charge in [-0.25, -0.2) is 8.42 Å². The van der Waals surface area contributed by atoms with Crippen molar-refractivity contribution in [3.63, 3.8) is 0 Å². The Kier molecular flexibility index (Phi) is 4.95. The van der Waals surface area contributed by atoms with E-state index in [9.17, 15) is 13.2 Å². The van der Waals surface area contributed by atoms with Crippen LogP contribution in [0.3, 0.4) is 0 Å². The number of likely N-dealkylation sites (N-methyl/N-ethyl adjacent to an activating group) is 1. The maximum Gasteiger partial charge on any atom is 0.241 e. The fourth-order valence-electron chi connectivity index (χ4n) is 2.56. The summed E-state index contributed by atoms with van der Waals surface area (Å²) in [6, 6.07) is 8.98. The van der Waals surface area contributed by atoms with Gasteiger partial charge in [0.25, 0.3) is 0 Å². The van der Waals surface area contributed by atoms with Crippen molar-refractivity contribution >= 4 is 28.6 Å². The van der Waals surface area contributed by atoms with Gasteiger partial charge in [-0.15, -0.1) is 0 Å². The third-order valence-electron chi connectivity index (χ3n) is 3.58. The molecule has 0 aromatic heterocycles. The van der Waals surface area contributed by atoms with Gasteiger partial charge in [0.2, 0.25) is 15.9 Å². The van der Waals surface area contributed by atoms with Crippen LogP contribution in [0.4, 0.5) is 0 Å². The van der Waals surface area contributed by atoms with E-state index in [0.717, 1.165) is 11.8 Å². The Bertz CT molecular complexity index is 604. The molecule has 1 aliphatic rings. The van der Waals surface area contributed by atoms with Gasteiger partial charge in [0, 0.05) is 25.4 Å². The maximum absolute atomic E-state index is 12.5. The second-order valence-electron chi connectivity index (χ2n) is 5.42. The number of carbonyl (C=O) groups is 1. The molecule has 1 aromatic rings. The molecule has 0 aliphatic carbocycles. The average molecular weight is 328 g/mol. The van der Waals surface area contributed by atoms with Crippen molar-refractivity contribution in [2.45, 2.75) is 24.3 Å². The number of sulfonamides is 1. The molecule has 116 valence electrons. The van der Waals surface area contributed by atoms with Gasteiger partial charge in [-0.05, 0) is 12.0 Å². The number of rotatable bonds is 4. The summed E-state index contributed by atoms with van der Waals surface area (Å²) in [7, 11) is -1.70. The predicted molar refractivity (Wildman–Crippen MR) is 85.6 cm³/mol. The molecule has 1 aliphatic heterocycles. The number of nitrogens with zero attached hydrogens (tertiary/aromatic N) is 2. The van der Waals surface area contributed by atoms with E-state index in [1.165, 1.54) is 4.31 Å². The van der Waals surface area contributed by atoms with Gasteiger partial charge in [0.1, 0.15) is 6.04 Å². The van der Waals surface area contributed by atoms with E-state index in [0.29, 0.717) is 13.0 Å². The molecule has 5 nitrogen and oxygen atoms in total. The van der Waals surface area contributed by atoms with Crippen molar-refractivity contribution in [3.8, 4) is 0 Å². The highest BCUT2D eigenvalue weighted by atomic mass is 32.2. The molecule has 7 heteroatoms. The van der Waals surface area contributed by atoms with E-state index in [-0.39, 0.29) is 17.7 Å². The fraction of sp³-hybridized carbons (Fsp3) is 0.500. The molecule has 0 radical (unpaired) electrons. The minimum absolute atomic E-state index is 0.0983. The summed E-state index contributed by atoms with van der Waals surface area (Å²) in [6.45, 7) is 0.753. The Balaban J connectivity index is 2.11. The van der Waals surface area contributed by atoms with Crippen LogP contribution in [0.5, 0.6) is 0 Å². The zero-order chi connectivity index (χ0) is 15.6. The second kappa shape index (κ2) is 6.37. The van der Waals surface area contributed by atoms with Crippen LogP contribution in [0.15, 0.2) is 30.3 Å². The summed E-state index contributed by atoms with van der Waals surface area (Å²) in [6.07, 6.45) is 1.59. The topological polar surface area (TPSA) is 57.7 Å². The molecule has 1 aromatic carbocycles. The predicted octanol–water partition coefficient (Wildman–Crippen LogP) is 0.977. The van der Waals surface area contributed by atoms with E-state index in [1.807, 2.05) is 30.3 Å². The zero-order valence-electron chi connectivity index (χ0n) is 12.1. The molecule has 0 N–H and O–H groups in total. The van der Waals surface area contributed by atoms with E-state index >= 15 is 0 Å². The fourth-order valence-corrected chi connectivity index (χ4v) is 4.14. The summed E-state index contributed by atoms with van der Waals surface area (Å²) >= 11 is 4.33. The van der Waals surface area contributed by atoms with Crippen molar-refractivity contribution in [2.75, 3.05) is 19.8 Å². The Morgan fingerprint density at radius 1 is 1.38 bits per heavy atom. The molecule has 0 spiro atoms. The van der Waals surface area contributed by atoms with Gasteiger partial charge >= 0.3 is 0 Å². The van der Waals surface area contributed by atoms with E-state index < -0.39 is 16.1 Å². The van der Waals surface area contributed by atoms with Crippen molar-refractivity contribution < 1.29 is 13.2 Å². The van der Waals surface area contributed by atoms with Crippen LogP contribution < -0.4 is 0 Å². The first-order valence-corrected chi connectivity index (χ1v) is 9.09. The Labute approximate surface area is 131 Å². The Morgan fingerprint density at radius 2 is 2.00 bits per heavy atom. The zero-order valence-corrected chi connectivity index (χ0v) is 13.8. The monoisotopic (exact) mass is 328 g/mol. The number of hydrogen-bond donors (Lipinski definition) is 1. The van der Waals surface area contributed by atoms with Crippen LogP contribution in [0.1, 0.15) is 12.0 Å². The lowest BCUT2D eigenvalue weighted by Crippen LogP contribution is -2.45.